The number of nitrogens with one attached hydrogen (secondary N) is 2. The number of guanidine groups is 1. The fraction of sp³-hybridized carbons (Fsp3) is 0.944. The molecule has 23 heavy (non-hydrogen) atoms. The Morgan fingerprint density at radius 1 is 1.13 bits per heavy atom. The average Bonchev–Trinajstić information content (AvgIpc) is 2.51. The lowest BCUT2D eigenvalue weighted by atomic mass is 9.95. The molecule has 2 fully saturated rings. The van der Waals surface area contributed by atoms with Crippen molar-refractivity contribution < 1.29 is 4.74 Å². The Morgan fingerprint density at radius 3 is 2.30 bits per heavy atom. The van der Waals surface area contributed by atoms with E-state index in [1.807, 2.05) is 7.05 Å². The number of nitrogens with zero attached hydrogens (tertiary/aromatic N) is 2. The van der Waals surface area contributed by atoms with Crippen LogP contribution >= 0.6 is 0 Å². The molecule has 134 valence electrons. The molecule has 2 atom stereocenters. The molecular formula is C18H36N4O. The highest BCUT2D eigenvalue weighted by molar-refractivity contribution is 5.80. The van der Waals surface area contributed by atoms with Crippen LogP contribution in [0.4, 0.5) is 0 Å². The molecule has 0 aromatic carbocycles. The molecule has 0 aromatic heterocycles. The van der Waals surface area contributed by atoms with Crippen molar-refractivity contribution >= 4 is 5.96 Å². The van der Waals surface area contributed by atoms with Crippen LogP contribution in [-0.4, -0.2) is 61.3 Å². The third-order valence-corrected chi connectivity index (χ3v) is 5.13. The van der Waals surface area contributed by atoms with E-state index in [-0.39, 0.29) is 5.54 Å². The molecule has 1 saturated carbocycles. The van der Waals surface area contributed by atoms with E-state index in [0.29, 0.717) is 18.2 Å². The van der Waals surface area contributed by atoms with E-state index in [9.17, 15) is 0 Å². The van der Waals surface area contributed by atoms with Crippen molar-refractivity contribution in [3.05, 3.63) is 0 Å². The zero-order valence-electron chi connectivity index (χ0n) is 15.7. The lowest BCUT2D eigenvalue weighted by molar-refractivity contribution is -0.0946. The average molecular weight is 325 g/mol. The van der Waals surface area contributed by atoms with E-state index < -0.39 is 0 Å². The molecule has 0 aromatic rings. The smallest absolute Gasteiger partial charge is 0.191 e. The first kappa shape index (κ1) is 18.5. The summed E-state index contributed by atoms with van der Waals surface area (Å²) in [5, 5.41) is 7.13. The Bertz CT molecular complexity index is 380. The van der Waals surface area contributed by atoms with E-state index in [2.05, 4.69) is 48.2 Å². The fourth-order valence-corrected chi connectivity index (χ4v) is 3.72. The lowest BCUT2D eigenvalue weighted by Gasteiger charge is -2.45. The van der Waals surface area contributed by atoms with E-state index in [1.165, 1.54) is 32.1 Å². The van der Waals surface area contributed by atoms with Crippen LogP contribution in [0.25, 0.3) is 0 Å². The number of hydrogen-bond donors (Lipinski definition) is 2. The van der Waals surface area contributed by atoms with Crippen LogP contribution in [0.3, 0.4) is 0 Å². The molecule has 2 rings (SSSR count). The van der Waals surface area contributed by atoms with Gasteiger partial charge >= 0.3 is 0 Å². The minimum Gasteiger partial charge on any atom is -0.373 e. The normalized spacial score (nSPS) is 28.7. The van der Waals surface area contributed by atoms with Gasteiger partial charge in [-0.05, 0) is 40.5 Å². The van der Waals surface area contributed by atoms with Crippen molar-refractivity contribution in [2.24, 2.45) is 4.99 Å². The van der Waals surface area contributed by atoms with Gasteiger partial charge in [0.05, 0.1) is 12.2 Å². The highest BCUT2D eigenvalue weighted by atomic mass is 16.5. The summed E-state index contributed by atoms with van der Waals surface area (Å²) >= 11 is 0. The van der Waals surface area contributed by atoms with Gasteiger partial charge in [0.25, 0.3) is 0 Å². The van der Waals surface area contributed by atoms with E-state index >= 15 is 0 Å². The predicted molar refractivity (Wildman–Crippen MR) is 97.0 cm³/mol. The summed E-state index contributed by atoms with van der Waals surface area (Å²) in [4.78, 5) is 6.95. The van der Waals surface area contributed by atoms with E-state index in [1.54, 1.807) is 0 Å². The number of ether oxygens (including phenoxy) is 1. The first-order valence-corrected chi connectivity index (χ1v) is 9.28. The zero-order chi connectivity index (χ0) is 16.9. The zero-order valence-corrected chi connectivity index (χ0v) is 15.7. The molecule has 0 amide bonds. The molecule has 1 aliphatic heterocycles. The molecule has 1 saturated heterocycles. The molecule has 0 bridgehead atoms. The van der Waals surface area contributed by atoms with Gasteiger partial charge in [-0.1, -0.05) is 19.3 Å². The summed E-state index contributed by atoms with van der Waals surface area (Å²) in [6.07, 6.45) is 7.19. The summed E-state index contributed by atoms with van der Waals surface area (Å²) in [7, 11) is 1.87. The van der Waals surface area contributed by atoms with Gasteiger partial charge in [-0.25, -0.2) is 0 Å². The van der Waals surface area contributed by atoms with Crippen molar-refractivity contribution in [1.82, 2.24) is 15.5 Å². The first-order chi connectivity index (χ1) is 10.9. The third-order valence-electron chi connectivity index (χ3n) is 5.13. The fourth-order valence-electron chi connectivity index (χ4n) is 3.72. The van der Waals surface area contributed by atoms with Crippen LogP contribution in [0.1, 0.15) is 59.8 Å². The monoisotopic (exact) mass is 324 g/mol. The van der Waals surface area contributed by atoms with Gasteiger partial charge in [-0.2, -0.15) is 0 Å². The Labute approximate surface area is 142 Å². The summed E-state index contributed by atoms with van der Waals surface area (Å²) in [5.74, 6) is 0.944. The van der Waals surface area contributed by atoms with Gasteiger partial charge < -0.3 is 15.4 Å². The number of hydrogen-bond acceptors (Lipinski definition) is 3. The Balaban J connectivity index is 1.83. The molecular weight excluding hydrogens is 288 g/mol. The van der Waals surface area contributed by atoms with Crippen molar-refractivity contribution in [1.29, 1.82) is 0 Å². The Hall–Kier alpha value is -0.810. The molecule has 1 aliphatic carbocycles. The Kier molecular flexibility index (Phi) is 6.72. The maximum absolute atomic E-state index is 5.86. The number of aliphatic imine (C=N–C) groups is 1. The second-order valence-corrected chi connectivity index (χ2v) is 7.88. The molecule has 0 radical (unpaired) electrons. The highest BCUT2D eigenvalue weighted by Crippen LogP contribution is 2.21. The molecule has 5 nitrogen and oxygen atoms in total. The summed E-state index contributed by atoms with van der Waals surface area (Å²) < 4.78 is 5.86. The second-order valence-electron chi connectivity index (χ2n) is 7.88. The van der Waals surface area contributed by atoms with Gasteiger partial charge in [-0.3, -0.25) is 9.89 Å². The molecule has 2 aliphatic rings. The van der Waals surface area contributed by atoms with Crippen LogP contribution in [0.2, 0.25) is 0 Å². The SMILES string of the molecule is CN=C(NCC(C)(C)N1CC(C)OC(C)C1)NC1CCCCC1. The van der Waals surface area contributed by atoms with Crippen LogP contribution in [0, 0.1) is 0 Å². The van der Waals surface area contributed by atoms with Gasteiger partial charge in [0.15, 0.2) is 5.96 Å². The maximum Gasteiger partial charge on any atom is 0.191 e. The van der Waals surface area contributed by atoms with Crippen LogP contribution in [-0.2, 0) is 4.74 Å². The summed E-state index contributed by atoms with van der Waals surface area (Å²) in [6.45, 7) is 11.8. The molecule has 2 unspecified atom stereocenters. The van der Waals surface area contributed by atoms with Crippen LogP contribution in [0.5, 0.6) is 0 Å². The second kappa shape index (κ2) is 8.34. The maximum atomic E-state index is 5.86. The Morgan fingerprint density at radius 2 is 1.74 bits per heavy atom. The van der Waals surface area contributed by atoms with Crippen molar-refractivity contribution in [2.45, 2.75) is 83.6 Å². The van der Waals surface area contributed by atoms with E-state index in [0.717, 1.165) is 25.6 Å². The third kappa shape index (κ3) is 5.64. The number of morpholine rings is 1. The minimum absolute atomic E-state index is 0.0798. The summed E-state index contributed by atoms with van der Waals surface area (Å²) in [6, 6.07) is 0.585. The van der Waals surface area contributed by atoms with Crippen LogP contribution in [0.15, 0.2) is 4.99 Å². The van der Waals surface area contributed by atoms with E-state index in [4.69, 9.17) is 4.74 Å². The van der Waals surface area contributed by atoms with Gasteiger partial charge in [0, 0.05) is 38.3 Å². The van der Waals surface area contributed by atoms with Gasteiger partial charge in [0.2, 0.25) is 0 Å². The number of rotatable bonds is 4. The topological polar surface area (TPSA) is 48.9 Å². The van der Waals surface area contributed by atoms with Gasteiger partial charge in [0.1, 0.15) is 0 Å². The van der Waals surface area contributed by atoms with Crippen molar-refractivity contribution in [3.8, 4) is 0 Å². The summed E-state index contributed by atoms with van der Waals surface area (Å²) in [5.41, 5.74) is 0.0798. The minimum atomic E-state index is 0.0798. The lowest BCUT2D eigenvalue weighted by Crippen LogP contribution is -2.59. The molecule has 0 spiro atoms. The van der Waals surface area contributed by atoms with Crippen molar-refractivity contribution in [2.75, 3.05) is 26.7 Å². The van der Waals surface area contributed by atoms with Crippen LogP contribution < -0.4 is 10.6 Å². The molecule has 1 heterocycles. The quantitative estimate of drug-likeness (QED) is 0.616. The largest absolute Gasteiger partial charge is 0.373 e. The predicted octanol–water partition coefficient (Wildman–Crippen LogP) is 2.37. The molecule has 5 heteroatoms. The first-order valence-electron chi connectivity index (χ1n) is 9.28. The van der Waals surface area contributed by atoms with Gasteiger partial charge in [-0.15, -0.1) is 0 Å². The standard InChI is InChI=1S/C18H36N4O/c1-14-11-22(12-15(2)23-14)18(3,4)13-20-17(19-5)21-16-9-7-6-8-10-16/h14-16H,6-13H2,1-5H3,(H2,19,20,21). The molecule has 2 N–H and O–H groups in total. The van der Waals surface area contributed by atoms with Crippen molar-refractivity contribution in [3.63, 3.8) is 0 Å². The highest BCUT2D eigenvalue weighted by Gasteiger charge is 2.33.